The summed E-state index contributed by atoms with van der Waals surface area (Å²) in [6.45, 7) is 2.40. The molecule has 7 heteroatoms. The van der Waals surface area contributed by atoms with Gasteiger partial charge in [0, 0.05) is 24.0 Å². The van der Waals surface area contributed by atoms with Crippen molar-refractivity contribution in [1.82, 2.24) is 9.21 Å². The van der Waals surface area contributed by atoms with Crippen LogP contribution in [0.5, 0.6) is 0 Å². The van der Waals surface area contributed by atoms with Gasteiger partial charge in [0.1, 0.15) is 0 Å². The molecule has 2 saturated heterocycles. The van der Waals surface area contributed by atoms with Crippen molar-refractivity contribution in [3.63, 3.8) is 0 Å². The van der Waals surface area contributed by atoms with Crippen molar-refractivity contribution in [3.05, 3.63) is 16.3 Å². The van der Waals surface area contributed by atoms with Crippen LogP contribution in [0, 0.1) is 5.92 Å². The maximum Gasteiger partial charge on any atom is 0.244 e. The zero-order valence-corrected chi connectivity index (χ0v) is 14.6. The topological polar surface area (TPSA) is 40.6 Å². The maximum absolute atomic E-state index is 12.8. The van der Waals surface area contributed by atoms with Gasteiger partial charge >= 0.3 is 0 Å². The zero-order chi connectivity index (χ0) is 15.0. The second-order valence-electron chi connectivity index (χ2n) is 5.94. The second kappa shape index (κ2) is 6.16. The maximum atomic E-state index is 12.8. The first-order valence-corrected chi connectivity index (χ1v) is 10.2. The summed E-state index contributed by atoms with van der Waals surface area (Å²) >= 11 is 7.29. The van der Waals surface area contributed by atoms with Crippen LogP contribution in [0.15, 0.2) is 16.3 Å². The summed E-state index contributed by atoms with van der Waals surface area (Å²) in [5, 5.41) is 1.81. The van der Waals surface area contributed by atoms with E-state index in [1.807, 2.05) is 5.38 Å². The molecule has 21 heavy (non-hydrogen) atoms. The third-order valence-electron chi connectivity index (χ3n) is 4.75. The molecule has 118 valence electrons. The van der Waals surface area contributed by atoms with Crippen LogP contribution in [0.2, 0.25) is 0 Å². The van der Waals surface area contributed by atoms with E-state index in [0.717, 1.165) is 30.7 Å². The first kappa shape index (κ1) is 15.7. The van der Waals surface area contributed by atoms with Gasteiger partial charge in [0.25, 0.3) is 0 Å². The average Bonchev–Trinajstić information content (AvgIpc) is 2.96. The van der Waals surface area contributed by atoms with E-state index >= 15 is 0 Å². The Balaban J connectivity index is 1.81. The lowest BCUT2D eigenvalue weighted by molar-refractivity contribution is 0.0671. The van der Waals surface area contributed by atoms with Crippen LogP contribution < -0.4 is 0 Å². The van der Waals surface area contributed by atoms with Gasteiger partial charge in [-0.05, 0) is 50.2 Å². The minimum Gasteiger partial charge on any atom is -0.303 e. The van der Waals surface area contributed by atoms with Gasteiger partial charge in [-0.15, -0.1) is 22.9 Å². The molecule has 0 radical (unpaired) electrons. The van der Waals surface area contributed by atoms with Crippen molar-refractivity contribution in [1.29, 1.82) is 0 Å². The van der Waals surface area contributed by atoms with Gasteiger partial charge in [-0.3, -0.25) is 0 Å². The molecule has 0 aromatic carbocycles. The number of alkyl halides is 1. The summed E-state index contributed by atoms with van der Waals surface area (Å²) < 4.78 is 27.4. The third kappa shape index (κ3) is 2.88. The molecule has 0 aliphatic carbocycles. The molecule has 2 unspecified atom stereocenters. The SMILES string of the molecule is CN1CCCC2CN(S(=O)(=O)c3ccsc3CCl)CCC21. The molecular formula is C14H21ClN2O2S2. The van der Waals surface area contributed by atoms with Crippen LogP contribution in [0.4, 0.5) is 0 Å². The van der Waals surface area contributed by atoms with E-state index in [9.17, 15) is 8.42 Å². The summed E-state index contributed by atoms with van der Waals surface area (Å²) in [5.41, 5.74) is 0. The Morgan fingerprint density at radius 2 is 2.19 bits per heavy atom. The normalized spacial score (nSPS) is 28.5. The number of sulfonamides is 1. The second-order valence-corrected chi connectivity index (χ2v) is 9.12. The molecule has 0 saturated carbocycles. The smallest absolute Gasteiger partial charge is 0.244 e. The first-order valence-electron chi connectivity index (χ1n) is 7.36. The van der Waals surface area contributed by atoms with Gasteiger partial charge in [-0.2, -0.15) is 4.31 Å². The predicted molar refractivity (Wildman–Crippen MR) is 86.4 cm³/mol. The minimum atomic E-state index is -3.39. The van der Waals surface area contributed by atoms with Gasteiger partial charge in [0.2, 0.25) is 10.0 Å². The van der Waals surface area contributed by atoms with Crippen molar-refractivity contribution < 1.29 is 8.42 Å². The molecule has 3 heterocycles. The van der Waals surface area contributed by atoms with E-state index in [0.29, 0.717) is 29.9 Å². The lowest BCUT2D eigenvalue weighted by Gasteiger charge is -2.45. The molecule has 0 amide bonds. The van der Waals surface area contributed by atoms with Crippen LogP contribution >= 0.6 is 22.9 Å². The fourth-order valence-corrected chi connectivity index (χ4v) is 6.82. The highest BCUT2D eigenvalue weighted by Crippen LogP contribution is 2.34. The van der Waals surface area contributed by atoms with E-state index in [4.69, 9.17) is 11.6 Å². The van der Waals surface area contributed by atoms with E-state index in [1.165, 1.54) is 11.3 Å². The fourth-order valence-electron chi connectivity index (χ4n) is 3.63. The van der Waals surface area contributed by atoms with Crippen LogP contribution in [0.3, 0.4) is 0 Å². The number of piperidine rings is 2. The largest absolute Gasteiger partial charge is 0.303 e. The number of hydrogen-bond donors (Lipinski definition) is 0. The monoisotopic (exact) mass is 348 g/mol. The fraction of sp³-hybridized carbons (Fsp3) is 0.714. The summed E-state index contributed by atoms with van der Waals surface area (Å²) in [7, 11) is -1.23. The standard InChI is InChI=1S/C14H21ClN2O2S2/c1-16-6-2-3-11-10-17(7-4-12(11)16)21(18,19)14-5-8-20-13(14)9-15/h5,8,11-12H,2-4,6-7,9-10H2,1H3. The van der Waals surface area contributed by atoms with Gasteiger partial charge in [-0.25, -0.2) is 8.42 Å². The number of thiophene rings is 1. The highest BCUT2D eigenvalue weighted by atomic mass is 35.5. The predicted octanol–water partition coefficient (Wildman–Crippen LogP) is 2.59. The van der Waals surface area contributed by atoms with Crippen molar-refractivity contribution in [3.8, 4) is 0 Å². The highest BCUT2D eigenvalue weighted by molar-refractivity contribution is 7.89. The summed E-state index contributed by atoms with van der Waals surface area (Å²) in [4.78, 5) is 3.55. The number of halogens is 1. The molecular weight excluding hydrogens is 328 g/mol. The summed E-state index contributed by atoms with van der Waals surface area (Å²) in [6, 6.07) is 2.23. The molecule has 2 fully saturated rings. The van der Waals surface area contributed by atoms with Crippen molar-refractivity contribution in [2.45, 2.75) is 36.1 Å². The van der Waals surface area contributed by atoms with Gasteiger partial charge in [0.05, 0.1) is 10.8 Å². The molecule has 3 rings (SSSR count). The number of rotatable bonds is 3. The van der Waals surface area contributed by atoms with Gasteiger partial charge < -0.3 is 4.90 Å². The molecule has 1 aromatic rings. The molecule has 0 bridgehead atoms. The molecule has 2 aliphatic heterocycles. The Morgan fingerprint density at radius 1 is 1.38 bits per heavy atom. The van der Waals surface area contributed by atoms with Crippen molar-refractivity contribution >= 4 is 33.0 Å². The Bertz CT molecular complexity index is 602. The van der Waals surface area contributed by atoms with Crippen LogP contribution in [-0.2, 0) is 15.9 Å². The van der Waals surface area contributed by atoms with E-state index in [-0.39, 0.29) is 5.88 Å². The zero-order valence-electron chi connectivity index (χ0n) is 12.2. The van der Waals surface area contributed by atoms with Crippen molar-refractivity contribution in [2.24, 2.45) is 5.92 Å². The molecule has 0 spiro atoms. The minimum absolute atomic E-state index is 0.259. The Labute approximate surface area is 135 Å². The molecule has 0 N–H and O–H groups in total. The quantitative estimate of drug-likeness (QED) is 0.788. The average molecular weight is 349 g/mol. The van der Waals surface area contributed by atoms with Gasteiger partial charge in [0.15, 0.2) is 0 Å². The number of fused-ring (bicyclic) bond motifs is 1. The number of hydrogen-bond acceptors (Lipinski definition) is 4. The Morgan fingerprint density at radius 3 is 2.95 bits per heavy atom. The van der Waals surface area contributed by atoms with Crippen LogP contribution in [0.25, 0.3) is 0 Å². The first-order chi connectivity index (χ1) is 10.0. The Hall–Kier alpha value is -0.140. The molecule has 2 atom stereocenters. The summed E-state index contributed by atoms with van der Waals surface area (Å²) in [5.74, 6) is 0.722. The Kier molecular flexibility index (Phi) is 4.62. The third-order valence-corrected chi connectivity index (χ3v) is 8.18. The lowest BCUT2D eigenvalue weighted by atomic mass is 9.85. The van der Waals surface area contributed by atoms with E-state index < -0.39 is 10.0 Å². The van der Waals surface area contributed by atoms with Gasteiger partial charge in [-0.1, -0.05) is 0 Å². The highest BCUT2D eigenvalue weighted by Gasteiger charge is 2.39. The van der Waals surface area contributed by atoms with Crippen molar-refractivity contribution in [2.75, 3.05) is 26.7 Å². The number of nitrogens with zero attached hydrogens (tertiary/aromatic N) is 2. The lowest BCUT2D eigenvalue weighted by Crippen LogP contribution is -2.53. The van der Waals surface area contributed by atoms with Crippen LogP contribution in [0.1, 0.15) is 24.1 Å². The molecule has 2 aliphatic rings. The molecule has 1 aromatic heterocycles. The number of likely N-dealkylation sites (tertiary alicyclic amines) is 1. The van der Waals surface area contributed by atoms with Crippen LogP contribution in [-0.4, -0.2) is 50.3 Å². The molecule has 4 nitrogen and oxygen atoms in total. The summed E-state index contributed by atoms with van der Waals surface area (Å²) in [6.07, 6.45) is 3.23. The van der Waals surface area contributed by atoms with E-state index in [1.54, 1.807) is 10.4 Å². The van der Waals surface area contributed by atoms with E-state index in [2.05, 4.69) is 11.9 Å².